The molecule has 5 fully saturated rings. The van der Waals surface area contributed by atoms with E-state index in [9.17, 15) is 30.0 Å². The second kappa shape index (κ2) is 8.44. The second-order valence-electron chi connectivity index (χ2n) is 13.2. The second-order valence-corrected chi connectivity index (χ2v) is 13.2. The van der Waals surface area contributed by atoms with Gasteiger partial charge in [0.2, 0.25) is 12.1 Å². The van der Waals surface area contributed by atoms with Gasteiger partial charge >= 0.3 is 5.97 Å². The molecule has 0 bridgehead atoms. The molecule has 3 heterocycles. The van der Waals surface area contributed by atoms with Crippen LogP contribution < -0.4 is 0 Å². The third-order valence-electron chi connectivity index (χ3n) is 11.8. The van der Waals surface area contributed by atoms with Crippen molar-refractivity contribution in [1.29, 1.82) is 0 Å². The maximum absolute atomic E-state index is 13.1. The van der Waals surface area contributed by atoms with E-state index in [2.05, 4.69) is 13.0 Å². The average molecular weight is 547 g/mol. The van der Waals surface area contributed by atoms with E-state index < -0.39 is 59.0 Å². The highest BCUT2D eigenvalue weighted by Gasteiger charge is 2.69. The van der Waals surface area contributed by atoms with Crippen LogP contribution in [-0.4, -0.2) is 87.5 Å². The van der Waals surface area contributed by atoms with Gasteiger partial charge in [-0.2, -0.15) is 0 Å². The zero-order chi connectivity index (χ0) is 27.5. The van der Waals surface area contributed by atoms with Gasteiger partial charge < -0.3 is 44.2 Å². The molecule has 7 rings (SSSR count). The minimum Gasteiger partial charge on any atom is -0.458 e. The molecule has 7 aliphatic rings. The average Bonchev–Trinajstić information content (AvgIpc) is 3.45. The first-order valence-corrected chi connectivity index (χ1v) is 14.3. The lowest BCUT2D eigenvalue weighted by Crippen LogP contribution is -2.73. The lowest BCUT2D eigenvalue weighted by atomic mass is 9.45. The molecule has 0 aromatic rings. The number of hydrogen-bond acceptors (Lipinski definition) is 10. The number of ether oxygens (including phenoxy) is 4. The summed E-state index contributed by atoms with van der Waals surface area (Å²) in [6, 6.07) is 0. The van der Waals surface area contributed by atoms with Crippen molar-refractivity contribution in [3.05, 3.63) is 23.3 Å². The first-order chi connectivity index (χ1) is 18.5. The van der Waals surface area contributed by atoms with Gasteiger partial charge in [-0.3, -0.25) is 0 Å². The molecule has 0 unspecified atom stereocenters. The summed E-state index contributed by atoms with van der Waals surface area (Å²) < 4.78 is 23.1. The Morgan fingerprint density at radius 3 is 2.59 bits per heavy atom. The van der Waals surface area contributed by atoms with Crippen LogP contribution in [0.25, 0.3) is 0 Å². The summed E-state index contributed by atoms with van der Waals surface area (Å²) in [7, 11) is 0. The third kappa shape index (κ3) is 3.28. The maximum atomic E-state index is 13.1. The Morgan fingerprint density at radius 1 is 1.08 bits per heavy atom. The molecule has 3 aliphatic heterocycles. The lowest BCUT2D eigenvalue weighted by molar-refractivity contribution is -0.465. The molecule has 0 aromatic heterocycles. The van der Waals surface area contributed by atoms with Gasteiger partial charge in [0, 0.05) is 11.5 Å². The molecule has 214 valence electrons. The van der Waals surface area contributed by atoms with E-state index in [4.69, 9.17) is 18.9 Å². The predicted molar refractivity (Wildman–Crippen MR) is 133 cm³/mol. The highest BCUT2D eigenvalue weighted by atomic mass is 16.8. The van der Waals surface area contributed by atoms with Crippen molar-refractivity contribution in [1.82, 2.24) is 0 Å². The van der Waals surface area contributed by atoms with Crippen LogP contribution in [0.3, 0.4) is 0 Å². The van der Waals surface area contributed by atoms with Gasteiger partial charge in [0.1, 0.15) is 25.1 Å². The van der Waals surface area contributed by atoms with E-state index in [1.165, 1.54) is 0 Å². The lowest BCUT2D eigenvalue weighted by Gasteiger charge is -2.62. The first kappa shape index (κ1) is 26.3. The first-order valence-electron chi connectivity index (χ1n) is 14.3. The fourth-order valence-electron chi connectivity index (χ4n) is 9.62. The van der Waals surface area contributed by atoms with Crippen molar-refractivity contribution in [3.8, 4) is 0 Å². The van der Waals surface area contributed by atoms with Crippen molar-refractivity contribution >= 4 is 12.3 Å². The minimum atomic E-state index is -2.26. The van der Waals surface area contributed by atoms with Gasteiger partial charge in [0.15, 0.2) is 0 Å². The van der Waals surface area contributed by atoms with E-state index >= 15 is 0 Å². The Balaban J connectivity index is 1.20. The quantitative estimate of drug-likeness (QED) is 0.223. The van der Waals surface area contributed by atoms with E-state index in [1.54, 1.807) is 13.0 Å². The van der Waals surface area contributed by atoms with Crippen LogP contribution in [-0.2, 0) is 28.5 Å². The van der Waals surface area contributed by atoms with Gasteiger partial charge in [-0.15, -0.1) is 0 Å². The molecule has 10 heteroatoms. The van der Waals surface area contributed by atoms with Crippen molar-refractivity contribution in [2.75, 3.05) is 6.61 Å². The van der Waals surface area contributed by atoms with Crippen LogP contribution >= 0.6 is 0 Å². The molecule has 13 atom stereocenters. The van der Waals surface area contributed by atoms with Crippen molar-refractivity contribution < 1.29 is 49.0 Å². The number of aliphatic hydroxyl groups is 4. The maximum Gasteiger partial charge on any atom is 0.331 e. The van der Waals surface area contributed by atoms with E-state index in [0.717, 1.165) is 30.3 Å². The Morgan fingerprint density at radius 2 is 1.87 bits per heavy atom. The molecule has 39 heavy (non-hydrogen) atoms. The molecule has 0 radical (unpaired) electrons. The van der Waals surface area contributed by atoms with Crippen molar-refractivity contribution in [2.45, 2.75) is 107 Å². The number of cyclic esters (lactones) is 1. The van der Waals surface area contributed by atoms with E-state index in [-0.39, 0.29) is 36.8 Å². The number of fused-ring (bicyclic) bond motifs is 7. The Kier molecular flexibility index (Phi) is 5.68. The zero-order valence-electron chi connectivity index (χ0n) is 22.3. The third-order valence-corrected chi connectivity index (χ3v) is 11.8. The number of allylic oxidation sites excluding steroid dienone is 1. The molecule has 2 saturated heterocycles. The van der Waals surface area contributed by atoms with Gasteiger partial charge in [0.25, 0.3) is 0 Å². The zero-order valence-corrected chi connectivity index (χ0v) is 22.3. The molecule has 10 nitrogen and oxygen atoms in total. The molecular formula is C29H38O10. The van der Waals surface area contributed by atoms with Crippen LogP contribution in [0, 0.1) is 28.6 Å². The molecule has 0 spiro atoms. The molecule has 3 saturated carbocycles. The van der Waals surface area contributed by atoms with Crippen LogP contribution in [0.15, 0.2) is 23.3 Å². The van der Waals surface area contributed by atoms with Crippen LogP contribution in [0.5, 0.6) is 0 Å². The Bertz CT molecular complexity index is 1150. The Hall–Kier alpha value is -1.66. The van der Waals surface area contributed by atoms with Gasteiger partial charge in [-0.1, -0.05) is 18.6 Å². The highest BCUT2D eigenvalue weighted by molar-refractivity contribution is 5.85. The number of hydrogen-bond donors (Lipinski definition) is 4. The fourth-order valence-corrected chi connectivity index (χ4v) is 9.62. The summed E-state index contributed by atoms with van der Waals surface area (Å²) in [5.41, 5.74) is -0.427. The minimum absolute atomic E-state index is 0.0473. The predicted octanol–water partition coefficient (Wildman–Crippen LogP) is 0.892. The van der Waals surface area contributed by atoms with Crippen LogP contribution in [0.4, 0.5) is 0 Å². The van der Waals surface area contributed by atoms with E-state index in [0.29, 0.717) is 25.7 Å². The summed E-state index contributed by atoms with van der Waals surface area (Å²) in [6.07, 6.45) is 2.56. The summed E-state index contributed by atoms with van der Waals surface area (Å²) in [5.74, 6) is -2.82. The molecule has 0 amide bonds. The smallest absolute Gasteiger partial charge is 0.331 e. The van der Waals surface area contributed by atoms with Crippen LogP contribution in [0.2, 0.25) is 0 Å². The standard InChI is InChI=1S/C29H38O10/c1-14-23(32)24(33)29(35)25(37-14)38-20-10-16-3-4-19-18(27(16,13-30)11-21(20)39-29)5-7-26(2)17(6-8-28(19,26)34)15-9-22(31)36-12-15/h3,9,13-14,17-21,23-25,32-35H,4-8,10-12H2,1-2H3/t14-,17-,18+,19-,20-,21-,23-,24-,25+,26-,27-,28+,29+/m1/s1. The van der Waals surface area contributed by atoms with E-state index in [1.807, 2.05) is 0 Å². The number of carbonyl (C=O) groups is 2. The number of aldehydes is 1. The van der Waals surface area contributed by atoms with Crippen molar-refractivity contribution in [3.63, 3.8) is 0 Å². The van der Waals surface area contributed by atoms with Gasteiger partial charge in [0.05, 0.1) is 29.3 Å². The van der Waals surface area contributed by atoms with Crippen LogP contribution in [0.1, 0.15) is 58.8 Å². The van der Waals surface area contributed by atoms with Gasteiger partial charge in [-0.05, 0) is 75.2 Å². The van der Waals surface area contributed by atoms with Gasteiger partial charge in [-0.25, -0.2) is 4.79 Å². The topological polar surface area (TPSA) is 152 Å². The monoisotopic (exact) mass is 546 g/mol. The molecule has 0 aromatic carbocycles. The number of carbonyl (C=O) groups excluding carboxylic acids is 2. The summed E-state index contributed by atoms with van der Waals surface area (Å²) >= 11 is 0. The fraction of sp³-hybridized carbons (Fsp3) is 0.793. The van der Waals surface area contributed by atoms with Crippen molar-refractivity contribution in [2.24, 2.45) is 28.6 Å². The molecule has 4 N–H and O–H groups in total. The summed E-state index contributed by atoms with van der Waals surface area (Å²) in [6.45, 7) is 3.99. The number of aliphatic hydroxyl groups excluding tert-OH is 2. The summed E-state index contributed by atoms with van der Waals surface area (Å²) in [5, 5.41) is 44.7. The number of rotatable bonds is 2. The summed E-state index contributed by atoms with van der Waals surface area (Å²) in [4.78, 5) is 24.9. The number of esters is 1. The Labute approximate surface area is 226 Å². The SMILES string of the molecule is C[C@H]1O[C@H]2O[C@@H]3CC4=CC[C@@H]5[C@H](CC[C@]6(C)[C@@H](C7=CC(=O)OC7)CC[C@]56O)[C@@]4(C=O)C[C@H]3O[C@@]2(O)[C@H](O)[C@@H]1O. The normalized spacial score (nSPS) is 56.2. The highest BCUT2D eigenvalue weighted by Crippen LogP contribution is 2.69. The largest absolute Gasteiger partial charge is 0.458 e. The molecular weight excluding hydrogens is 508 g/mol. The molecule has 4 aliphatic carbocycles.